The summed E-state index contributed by atoms with van der Waals surface area (Å²) < 4.78 is 1.75. The van der Waals surface area contributed by atoms with E-state index in [-0.39, 0.29) is 5.91 Å². The van der Waals surface area contributed by atoms with Crippen molar-refractivity contribution in [1.29, 1.82) is 0 Å². The summed E-state index contributed by atoms with van der Waals surface area (Å²) in [6, 6.07) is 3.23. The highest BCUT2D eigenvalue weighted by Crippen LogP contribution is 2.25. The third-order valence-corrected chi connectivity index (χ3v) is 3.90. The molecule has 0 radical (unpaired) electrons. The van der Waals surface area contributed by atoms with Crippen molar-refractivity contribution in [1.82, 2.24) is 20.1 Å². The first-order chi connectivity index (χ1) is 9.88. The Labute approximate surface area is 133 Å². The highest BCUT2D eigenvalue weighted by molar-refractivity contribution is 6.36. The van der Waals surface area contributed by atoms with Gasteiger partial charge in [-0.05, 0) is 38.5 Å². The van der Waals surface area contributed by atoms with Gasteiger partial charge in [-0.25, -0.2) is 9.67 Å². The van der Waals surface area contributed by atoms with Crippen LogP contribution in [0.3, 0.4) is 0 Å². The van der Waals surface area contributed by atoms with Gasteiger partial charge in [-0.1, -0.05) is 23.2 Å². The van der Waals surface area contributed by atoms with Gasteiger partial charge in [0.15, 0.2) is 0 Å². The number of halogens is 2. The zero-order valence-corrected chi connectivity index (χ0v) is 13.6. The standard InChI is InChI=1S/C14H16Cl2N4O/c1-8-12(15)6-11(7-13(8)16)14(21)17-4-5-20-10(3)18-9(2)19-20/h6-7H,4-5H2,1-3H3,(H,17,21). The van der Waals surface area contributed by atoms with Gasteiger partial charge in [0.2, 0.25) is 0 Å². The molecule has 0 fully saturated rings. The fraction of sp³-hybridized carbons (Fsp3) is 0.357. The topological polar surface area (TPSA) is 59.8 Å². The lowest BCUT2D eigenvalue weighted by Crippen LogP contribution is -2.27. The summed E-state index contributed by atoms with van der Waals surface area (Å²) in [5.41, 5.74) is 1.21. The Balaban J connectivity index is 1.98. The van der Waals surface area contributed by atoms with Crippen LogP contribution in [0.4, 0.5) is 0 Å². The Morgan fingerprint density at radius 3 is 2.38 bits per heavy atom. The lowest BCUT2D eigenvalue weighted by atomic mass is 10.1. The monoisotopic (exact) mass is 326 g/mol. The van der Waals surface area contributed by atoms with Gasteiger partial charge < -0.3 is 5.32 Å². The number of rotatable bonds is 4. The van der Waals surface area contributed by atoms with Crippen molar-refractivity contribution in [3.8, 4) is 0 Å². The van der Waals surface area contributed by atoms with Crippen molar-refractivity contribution in [2.45, 2.75) is 27.3 Å². The number of hydrogen-bond acceptors (Lipinski definition) is 3. The number of benzene rings is 1. The van der Waals surface area contributed by atoms with Crippen molar-refractivity contribution in [3.63, 3.8) is 0 Å². The molecule has 0 aliphatic rings. The smallest absolute Gasteiger partial charge is 0.251 e. The van der Waals surface area contributed by atoms with Gasteiger partial charge in [-0.3, -0.25) is 4.79 Å². The van der Waals surface area contributed by atoms with E-state index in [4.69, 9.17) is 23.2 Å². The van der Waals surface area contributed by atoms with Crippen LogP contribution >= 0.6 is 23.2 Å². The second-order valence-electron chi connectivity index (χ2n) is 4.75. The first-order valence-corrected chi connectivity index (χ1v) is 7.26. The summed E-state index contributed by atoms with van der Waals surface area (Å²) in [6.07, 6.45) is 0. The van der Waals surface area contributed by atoms with Gasteiger partial charge >= 0.3 is 0 Å². The van der Waals surface area contributed by atoms with E-state index in [1.54, 1.807) is 16.8 Å². The molecule has 0 aliphatic heterocycles. The largest absolute Gasteiger partial charge is 0.350 e. The maximum absolute atomic E-state index is 12.1. The Kier molecular flexibility index (Phi) is 4.85. The number of nitrogens with one attached hydrogen (secondary N) is 1. The summed E-state index contributed by atoms with van der Waals surface area (Å²) in [4.78, 5) is 16.3. The van der Waals surface area contributed by atoms with Crippen LogP contribution in [0.5, 0.6) is 0 Å². The summed E-state index contributed by atoms with van der Waals surface area (Å²) in [5.74, 6) is 1.33. The van der Waals surface area contributed by atoms with E-state index in [9.17, 15) is 4.79 Å². The third kappa shape index (κ3) is 3.74. The van der Waals surface area contributed by atoms with Crippen molar-refractivity contribution in [2.75, 3.05) is 6.54 Å². The molecule has 112 valence electrons. The molecule has 2 rings (SSSR count). The van der Waals surface area contributed by atoms with Crippen molar-refractivity contribution >= 4 is 29.1 Å². The molecule has 1 heterocycles. The van der Waals surface area contributed by atoms with Crippen molar-refractivity contribution < 1.29 is 4.79 Å². The summed E-state index contributed by atoms with van der Waals surface area (Å²) in [5, 5.41) is 8.01. The van der Waals surface area contributed by atoms with Gasteiger partial charge in [0.05, 0.1) is 6.54 Å². The molecule has 0 spiro atoms. The predicted molar refractivity (Wildman–Crippen MR) is 83.0 cm³/mol. The van der Waals surface area contributed by atoms with E-state index in [2.05, 4.69) is 15.4 Å². The Bertz CT molecular complexity index is 659. The fourth-order valence-corrected chi connectivity index (χ4v) is 2.41. The summed E-state index contributed by atoms with van der Waals surface area (Å²) in [6.45, 7) is 6.53. The molecule has 0 bridgehead atoms. The second-order valence-corrected chi connectivity index (χ2v) is 5.56. The molecule has 1 N–H and O–H groups in total. The van der Waals surface area contributed by atoms with Crippen LogP contribution in [-0.4, -0.2) is 27.2 Å². The van der Waals surface area contributed by atoms with Crippen LogP contribution in [0.25, 0.3) is 0 Å². The molecule has 0 saturated carbocycles. The van der Waals surface area contributed by atoms with Gasteiger partial charge in [0.1, 0.15) is 11.6 Å². The molecule has 7 heteroatoms. The van der Waals surface area contributed by atoms with E-state index in [0.29, 0.717) is 28.7 Å². The average molecular weight is 327 g/mol. The molecule has 2 aromatic rings. The molecule has 0 saturated heterocycles. The molecular weight excluding hydrogens is 311 g/mol. The van der Waals surface area contributed by atoms with Crippen LogP contribution < -0.4 is 5.32 Å². The highest BCUT2D eigenvalue weighted by Gasteiger charge is 2.10. The van der Waals surface area contributed by atoms with Crippen LogP contribution in [0.1, 0.15) is 27.6 Å². The molecule has 0 aliphatic carbocycles. The fourth-order valence-electron chi connectivity index (χ4n) is 1.93. The SMILES string of the molecule is Cc1nc(C)n(CCNC(=O)c2cc(Cl)c(C)c(Cl)c2)n1. The van der Waals surface area contributed by atoms with Gasteiger partial charge in [-0.2, -0.15) is 5.10 Å². The Morgan fingerprint density at radius 1 is 1.24 bits per heavy atom. The average Bonchev–Trinajstić information content (AvgIpc) is 2.73. The molecule has 0 unspecified atom stereocenters. The molecule has 1 aromatic carbocycles. The Hall–Kier alpha value is -1.59. The number of aromatic nitrogens is 3. The Morgan fingerprint density at radius 2 is 1.86 bits per heavy atom. The van der Waals surface area contributed by atoms with E-state index in [1.165, 1.54) is 0 Å². The number of amides is 1. The number of aryl methyl sites for hydroxylation is 2. The second kappa shape index (κ2) is 6.45. The number of nitrogens with zero attached hydrogens (tertiary/aromatic N) is 3. The van der Waals surface area contributed by atoms with E-state index >= 15 is 0 Å². The molecule has 1 aromatic heterocycles. The minimum absolute atomic E-state index is 0.215. The summed E-state index contributed by atoms with van der Waals surface area (Å²) in [7, 11) is 0. The van der Waals surface area contributed by atoms with Crippen molar-refractivity contribution in [2.24, 2.45) is 0 Å². The maximum Gasteiger partial charge on any atom is 0.251 e. The van der Waals surface area contributed by atoms with Crippen LogP contribution in [0, 0.1) is 20.8 Å². The third-order valence-electron chi connectivity index (χ3n) is 3.11. The lowest BCUT2D eigenvalue weighted by Gasteiger charge is -2.08. The molecule has 21 heavy (non-hydrogen) atoms. The zero-order valence-electron chi connectivity index (χ0n) is 12.1. The van der Waals surface area contributed by atoms with E-state index in [0.717, 1.165) is 17.2 Å². The number of carbonyl (C=O) groups is 1. The maximum atomic E-state index is 12.1. The van der Waals surface area contributed by atoms with Crippen LogP contribution in [-0.2, 0) is 6.54 Å². The van der Waals surface area contributed by atoms with Gasteiger partial charge in [-0.15, -0.1) is 0 Å². The minimum Gasteiger partial charge on any atom is -0.350 e. The van der Waals surface area contributed by atoms with Crippen molar-refractivity contribution in [3.05, 3.63) is 45.0 Å². The van der Waals surface area contributed by atoms with E-state index in [1.807, 2.05) is 20.8 Å². The first kappa shape index (κ1) is 15.8. The summed E-state index contributed by atoms with van der Waals surface area (Å²) >= 11 is 12.1. The quantitative estimate of drug-likeness (QED) is 0.939. The van der Waals surface area contributed by atoms with Gasteiger partial charge in [0, 0.05) is 22.2 Å². The molecule has 1 amide bonds. The number of carbonyl (C=O) groups excluding carboxylic acids is 1. The van der Waals surface area contributed by atoms with E-state index < -0.39 is 0 Å². The normalized spacial score (nSPS) is 10.7. The molecule has 5 nitrogen and oxygen atoms in total. The zero-order chi connectivity index (χ0) is 15.6. The molecule has 0 atom stereocenters. The van der Waals surface area contributed by atoms with Gasteiger partial charge in [0.25, 0.3) is 5.91 Å². The highest BCUT2D eigenvalue weighted by atomic mass is 35.5. The number of hydrogen-bond donors (Lipinski definition) is 1. The van der Waals surface area contributed by atoms with Crippen LogP contribution in [0.2, 0.25) is 10.0 Å². The predicted octanol–water partition coefficient (Wildman–Crippen LogP) is 2.94. The lowest BCUT2D eigenvalue weighted by molar-refractivity contribution is 0.0952. The molecular formula is C14H16Cl2N4O. The van der Waals surface area contributed by atoms with Crippen LogP contribution in [0.15, 0.2) is 12.1 Å². The minimum atomic E-state index is -0.215. The first-order valence-electron chi connectivity index (χ1n) is 6.50.